The molecule has 1 rings (SSSR count). The zero-order chi connectivity index (χ0) is 10.1. The van der Waals surface area contributed by atoms with Crippen molar-refractivity contribution in [3.63, 3.8) is 0 Å². The van der Waals surface area contributed by atoms with Crippen molar-refractivity contribution in [1.82, 2.24) is 0 Å². The van der Waals surface area contributed by atoms with Gasteiger partial charge in [0.1, 0.15) is 6.61 Å². The van der Waals surface area contributed by atoms with Crippen LogP contribution in [0.2, 0.25) is 0 Å². The van der Waals surface area contributed by atoms with Crippen LogP contribution in [0.15, 0.2) is 4.99 Å². The molecule has 13 heavy (non-hydrogen) atoms. The third-order valence-corrected chi connectivity index (χ3v) is 1.04. The molecule has 0 aromatic heterocycles. The second-order valence-corrected chi connectivity index (χ2v) is 2.17. The van der Waals surface area contributed by atoms with Crippen LogP contribution in [0.5, 0.6) is 0 Å². The van der Waals surface area contributed by atoms with Crippen molar-refractivity contribution in [2.24, 2.45) is 4.99 Å². The minimum atomic E-state index is -1.08. The largest absolute Gasteiger partial charge is 0.482 e. The number of ether oxygens (including phenoxy) is 1. The molecule has 0 saturated heterocycles. The molecular formula is C7H11NO5. The number of aliphatic imine (C=N–C) groups is 1. The molecule has 1 aliphatic heterocycles. The van der Waals surface area contributed by atoms with Crippen LogP contribution in [-0.4, -0.2) is 41.7 Å². The summed E-state index contributed by atoms with van der Waals surface area (Å²) in [6.07, 6.45) is 0.894. The summed E-state index contributed by atoms with van der Waals surface area (Å²) in [4.78, 5) is 23.0. The molecule has 0 bridgehead atoms. The van der Waals surface area contributed by atoms with Crippen LogP contribution in [0.1, 0.15) is 12.8 Å². The summed E-state index contributed by atoms with van der Waals surface area (Å²) in [6.45, 7) is 1.62. The van der Waals surface area contributed by atoms with Gasteiger partial charge in [-0.2, -0.15) is 0 Å². The summed E-state index contributed by atoms with van der Waals surface area (Å²) < 4.78 is 4.65. The number of carboxylic acid groups (broad SMARTS) is 2. The highest BCUT2D eigenvalue weighted by atomic mass is 16.5. The predicted molar refractivity (Wildman–Crippen MR) is 43.8 cm³/mol. The van der Waals surface area contributed by atoms with Gasteiger partial charge in [-0.3, -0.25) is 14.6 Å². The quantitative estimate of drug-likeness (QED) is 0.650. The summed E-state index contributed by atoms with van der Waals surface area (Å²) in [5, 5.41) is 15.8. The van der Waals surface area contributed by atoms with Crippen molar-refractivity contribution in [2.45, 2.75) is 12.8 Å². The molecule has 0 aromatic rings. The van der Waals surface area contributed by atoms with E-state index in [9.17, 15) is 9.59 Å². The lowest BCUT2D eigenvalue weighted by Crippen LogP contribution is -2.00. The molecule has 2 N–H and O–H groups in total. The molecule has 1 aliphatic rings. The first kappa shape index (κ1) is 11.4. The summed E-state index contributed by atoms with van der Waals surface area (Å²) in [6, 6.07) is 0. The Morgan fingerprint density at radius 1 is 1.31 bits per heavy atom. The molecule has 1 heterocycles. The maximum atomic E-state index is 9.64. The molecular weight excluding hydrogens is 178 g/mol. The lowest BCUT2D eigenvalue weighted by molar-refractivity contribution is -0.143. The number of hydrogen-bond acceptors (Lipinski definition) is 4. The maximum Gasteiger partial charge on any atom is 0.303 e. The van der Waals surface area contributed by atoms with Crippen LogP contribution < -0.4 is 0 Å². The van der Waals surface area contributed by atoms with Gasteiger partial charge in [0.05, 0.1) is 19.4 Å². The van der Waals surface area contributed by atoms with E-state index in [1.54, 1.807) is 0 Å². The number of carboxylic acids is 2. The average molecular weight is 189 g/mol. The van der Waals surface area contributed by atoms with Gasteiger partial charge >= 0.3 is 11.9 Å². The van der Waals surface area contributed by atoms with Crippen LogP contribution in [0.3, 0.4) is 0 Å². The van der Waals surface area contributed by atoms with Crippen molar-refractivity contribution in [1.29, 1.82) is 0 Å². The van der Waals surface area contributed by atoms with Gasteiger partial charge in [-0.05, 0) is 0 Å². The van der Waals surface area contributed by atoms with Gasteiger partial charge in [-0.25, -0.2) is 0 Å². The van der Waals surface area contributed by atoms with Gasteiger partial charge in [-0.15, -0.1) is 0 Å². The number of rotatable bonds is 3. The van der Waals surface area contributed by atoms with Gasteiger partial charge in [0, 0.05) is 0 Å². The highest BCUT2D eigenvalue weighted by Crippen LogP contribution is 1.86. The zero-order valence-corrected chi connectivity index (χ0v) is 6.97. The summed E-state index contributed by atoms with van der Waals surface area (Å²) >= 11 is 0. The standard InChI is InChI=1S/C4H6O4.C3H5NO/c5-3(6)1-2-4(7)8;1-2-5-3-4-1/h1-2H2,(H,5,6)(H,7,8);3H,1-2H2. The zero-order valence-electron chi connectivity index (χ0n) is 6.97. The third-order valence-electron chi connectivity index (χ3n) is 1.04. The van der Waals surface area contributed by atoms with Crippen molar-refractivity contribution in [3.8, 4) is 0 Å². The Kier molecular flexibility index (Phi) is 6.21. The van der Waals surface area contributed by atoms with Crippen molar-refractivity contribution in [2.75, 3.05) is 13.2 Å². The second kappa shape index (κ2) is 7.08. The van der Waals surface area contributed by atoms with Crippen molar-refractivity contribution in [3.05, 3.63) is 0 Å². The van der Waals surface area contributed by atoms with E-state index in [1.807, 2.05) is 0 Å². The molecule has 0 atom stereocenters. The number of carbonyl (C=O) groups is 2. The van der Waals surface area contributed by atoms with Gasteiger partial charge in [-0.1, -0.05) is 0 Å². The maximum absolute atomic E-state index is 9.64. The van der Waals surface area contributed by atoms with E-state index in [0.29, 0.717) is 0 Å². The van der Waals surface area contributed by atoms with E-state index in [-0.39, 0.29) is 12.8 Å². The molecule has 0 spiro atoms. The van der Waals surface area contributed by atoms with E-state index in [1.165, 1.54) is 6.40 Å². The lowest BCUT2D eigenvalue weighted by Gasteiger charge is -1.85. The Balaban J connectivity index is 0.000000243. The first-order chi connectivity index (χ1) is 6.13. The molecule has 0 unspecified atom stereocenters. The molecule has 0 saturated carbocycles. The van der Waals surface area contributed by atoms with Crippen LogP contribution in [0.4, 0.5) is 0 Å². The fourth-order valence-corrected chi connectivity index (χ4v) is 0.477. The molecule has 0 aromatic carbocycles. The van der Waals surface area contributed by atoms with Crippen LogP contribution in [-0.2, 0) is 14.3 Å². The average Bonchev–Trinajstić information content (AvgIpc) is 2.57. The third kappa shape index (κ3) is 10.4. The fourth-order valence-electron chi connectivity index (χ4n) is 0.477. The van der Waals surface area contributed by atoms with Gasteiger partial charge in [0.2, 0.25) is 0 Å². The Labute approximate surface area is 74.8 Å². The number of aliphatic carboxylic acids is 2. The Morgan fingerprint density at radius 3 is 2.00 bits per heavy atom. The topological polar surface area (TPSA) is 96.2 Å². The van der Waals surface area contributed by atoms with Crippen molar-refractivity contribution >= 4 is 18.3 Å². The summed E-state index contributed by atoms with van der Waals surface area (Å²) in [5.74, 6) is -2.15. The number of hydrogen-bond donors (Lipinski definition) is 2. The molecule has 74 valence electrons. The smallest absolute Gasteiger partial charge is 0.303 e. The monoisotopic (exact) mass is 189 g/mol. The van der Waals surface area contributed by atoms with Gasteiger partial charge in [0.15, 0.2) is 6.40 Å². The molecule has 6 nitrogen and oxygen atoms in total. The first-order valence-electron chi connectivity index (χ1n) is 3.66. The summed E-state index contributed by atoms with van der Waals surface area (Å²) in [5.41, 5.74) is 0. The van der Waals surface area contributed by atoms with Crippen LogP contribution >= 0.6 is 0 Å². The van der Waals surface area contributed by atoms with E-state index >= 15 is 0 Å². The second-order valence-electron chi connectivity index (χ2n) is 2.17. The normalized spacial score (nSPS) is 12.6. The highest BCUT2D eigenvalue weighted by molar-refractivity contribution is 5.75. The SMILES string of the molecule is C1=NCCO1.O=C(O)CCC(=O)O. The van der Waals surface area contributed by atoms with E-state index in [0.717, 1.165) is 13.2 Å². The minimum Gasteiger partial charge on any atom is -0.482 e. The van der Waals surface area contributed by atoms with E-state index in [4.69, 9.17) is 10.2 Å². The Hall–Kier alpha value is -1.59. The van der Waals surface area contributed by atoms with Gasteiger partial charge < -0.3 is 14.9 Å². The Bertz CT molecular complexity index is 181. The fraction of sp³-hybridized carbons (Fsp3) is 0.571. The first-order valence-corrected chi connectivity index (χ1v) is 3.66. The molecule has 0 amide bonds. The van der Waals surface area contributed by atoms with E-state index in [2.05, 4.69) is 9.73 Å². The predicted octanol–water partition coefficient (Wildman–Crippen LogP) is -0.0193. The molecule has 0 fully saturated rings. The number of nitrogens with zero attached hydrogens (tertiary/aromatic N) is 1. The summed E-state index contributed by atoms with van der Waals surface area (Å²) in [7, 11) is 0. The van der Waals surface area contributed by atoms with E-state index < -0.39 is 11.9 Å². The van der Waals surface area contributed by atoms with Crippen molar-refractivity contribution < 1.29 is 24.5 Å². The van der Waals surface area contributed by atoms with Crippen LogP contribution in [0.25, 0.3) is 0 Å². The molecule has 6 heteroatoms. The minimum absolute atomic E-state index is 0.296. The van der Waals surface area contributed by atoms with Gasteiger partial charge in [0.25, 0.3) is 0 Å². The molecule has 0 aliphatic carbocycles. The lowest BCUT2D eigenvalue weighted by atomic mass is 10.3. The van der Waals surface area contributed by atoms with Crippen LogP contribution in [0, 0.1) is 0 Å². The Morgan fingerprint density at radius 2 is 1.85 bits per heavy atom. The molecule has 0 radical (unpaired) electrons. The highest BCUT2D eigenvalue weighted by Gasteiger charge is 2.00.